The number of fused-ring (bicyclic) bond motifs is 6. The van der Waals surface area contributed by atoms with Gasteiger partial charge in [0.15, 0.2) is 11.6 Å². The highest BCUT2D eigenvalue weighted by Crippen LogP contribution is 2.53. The molecule has 166 valence electrons. The summed E-state index contributed by atoms with van der Waals surface area (Å²) < 4.78 is 53.2. The largest absolute Gasteiger partial charge is 0.494 e. The Kier molecular flexibility index (Phi) is 4.23. The Morgan fingerprint density at radius 3 is 2.68 bits per heavy atom. The molecule has 31 heavy (non-hydrogen) atoms. The van der Waals surface area contributed by atoms with Crippen molar-refractivity contribution in [3.63, 3.8) is 0 Å². The number of aliphatic hydroxyl groups is 1. The first-order valence-electron chi connectivity index (χ1n) is 9.90. The molecule has 1 aromatic rings. The summed E-state index contributed by atoms with van der Waals surface area (Å²) in [6.07, 6.45) is 3.87. The van der Waals surface area contributed by atoms with Crippen LogP contribution < -0.4 is 9.44 Å². The Labute approximate surface area is 180 Å². The van der Waals surface area contributed by atoms with E-state index in [1.165, 1.54) is 12.1 Å². The molecule has 2 aliphatic carbocycles. The third kappa shape index (κ3) is 3.11. The molecule has 4 aliphatic rings. The van der Waals surface area contributed by atoms with Gasteiger partial charge < -0.3 is 10.0 Å². The second kappa shape index (κ2) is 6.45. The van der Waals surface area contributed by atoms with E-state index < -0.39 is 20.0 Å². The van der Waals surface area contributed by atoms with E-state index in [0.29, 0.717) is 5.92 Å². The van der Waals surface area contributed by atoms with Crippen LogP contribution in [0.25, 0.3) is 0 Å². The van der Waals surface area contributed by atoms with Crippen LogP contribution in [0.4, 0.5) is 11.4 Å². The summed E-state index contributed by atoms with van der Waals surface area (Å²) in [4.78, 5) is 19.1. The van der Waals surface area contributed by atoms with E-state index in [1.54, 1.807) is 11.9 Å². The molecule has 0 radical (unpaired) electrons. The van der Waals surface area contributed by atoms with E-state index in [-0.39, 0.29) is 57.2 Å². The highest BCUT2D eigenvalue weighted by atomic mass is 32.2. The average Bonchev–Trinajstić information content (AvgIpc) is 3.27. The van der Waals surface area contributed by atoms with Gasteiger partial charge in [0.25, 0.3) is 10.0 Å². The molecular formula is C19H22N4O6S2. The fourth-order valence-corrected chi connectivity index (χ4v) is 7.27. The molecule has 0 amide bonds. The van der Waals surface area contributed by atoms with Crippen molar-refractivity contribution >= 4 is 43.0 Å². The lowest BCUT2D eigenvalue weighted by atomic mass is 9.76. The maximum Gasteiger partial charge on any atom is 0.265 e. The number of nitrogens with one attached hydrogen (secondary N) is 2. The monoisotopic (exact) mass is 466 g/mol. The second-order valence-corrected chi connectivity index (χ2v) is 12.0. The number of carbonyl (C=O) groups excluding carboxylic acids is 1. The van der Waals surface area contributed by atoms with Gasteiger partial charge in [-0.2, -0.15) is 0 Å². The van der Waals surface area contributed by atoms with Gasteiger partial charge in [0.1, 0.15) is 10.5 Å². The van der Waals surface area contributed by atoms with Gasteiger partial charge in [-0.15, -0.1) is 0 Å². The topological polar surface area (TPSA) is 145 Å². The van der Waals surface area contributed by atoms with Crippen molar-refractivity contribution in [2.75, 3.05) is 18.0 Å². The van der Waals surface area contributed by atoms with Crippen LogP contribution >= 0.6 is 0 Å². The number of hydrogen-bond acceptors (Lipinski definition) is 8. The number of nitrogens with zero attached hydrogens (tertiary/aromatic N) is 2. The SMILES string of the molecule is CN1C(O)=C(C2=Nc3ccc(NS(C)(=O)=O)cc3S(=O)(=O)N2)C(=O)C2C3CCC(C3)C21. The van der Waals surface area contributed by atoms with Crippen LogP contribution in [0.1, 0.15) is 19.3 Å². The lowest BCUT2D eigenvalue weighted by Gasteiger charge is -2.42. The molecule has 4 unspecified atom stereocenters. The number of amidine groups is 1. The van der Waals surface area contributed by atoms with E-state index in [2.05, 4.69) is 14.4 Å². The van der Waals surface area contributed by atoms with Gasteiger partial charge in [0.2, 0.25) is 15.9 Å². The van der Waals surface area contributed by atoms with Crippen molar-refractivity contribution in [1.82, 2.24) is 9.62 Å². The molecule has 0 saturated heterocycles. The maximum absolute atomic E-state index is 13.3. The molecule has 2 fully saturated rings. The van der Waals surface area contributed by atoms with Gasteiger partial charge in [0, 0.05) is 24.7 Å². The number of anilines is 1. The van der Waals surface area contributed by atoms with Gasteiger partial charge in [-0.05, 0) is 49.3 Å². The zero-order valence-electron chi connectivity index (χ0n) is 16.9. The van der Waals surface area contributed by atoms with Crippen LogP contribution in [0.3, 0.4) is 0 Å². The Balaban J connectivity index is 1.59. The van der Waals surface area contributed by atoms with Gasteiger partial charge >= 0.3 is 0 Å². The van der Waals surface area contributed by atoms with E-state index in [0.717, 1.165) is 31.6 Å². The minimum atomic E-state index is -4.15. The summed E-state index contributed by atoms with van der Waals surface area (Å²) in [5.74, 6) is -0.492. The lowest BCUT2D eigenvalue weighted by molar-refractivity contribution is -0.124. The highest BCUT2D eigenvalue weighted by molar-refractivity contribution is 7.92. The van der Waals surface area contributed by atoms with Crippen molar-refractivity contribution in [3.05, 3.63) is 29.7 Å². The minimum Gasteiger partial charge on any atom is -0.494 e. The normalized spacial score (nSPS) is 31.1. The Morgan fingerprint density at radius 1 is 1.26 bits per heavy atom. The summed E-state index contributed by atoms with van der Waals surface area (Å²) in [5, 5.41) is 10.8. The summed E-state index contributed by atoms with van der Waals surface area (Å²) in [7, 11) is -6.02. The number of rotatable bonds is 3. The van der Waals surface area contributed by atoms with Crippen molar-refractivity contribution in [2.45, 2.75) is 30.2 Å². The molecule has 3 N–H and O–H groups in total. The first-order chi connectivity index (χ1) is 14.5. The maximum atomic E-state index is 13.3. The zero-order chi connectivity index (χ0) is 22.3. The van der Waals surface area contributed by atoms with Crippen LogP contribution in [-0.4, -0.2) is 57.8 Å². The molecule has 5 rings (SSSR count). The van der Waals surface area contributed by atoms with Crippen molar-refractivity contribution < 1.29 is 26.7 Å². The molecular weight excluding hydrogens is 444 g/mol. The number of Topliss-reactive ketones (excluding diaryl/α,β-unsaturated/α-hetero) is 1. The average molecular weight is 467 g/mol. The van der Waals surface area contributed by atoms with E-state index in [4.69, 9.17) is 0 Å². The first-order valence-corrected chi connectivity index (χ1v) is 13.3. The summed E-state index contributed by atoms with van der Waals surface area (Å²) in [5.41, 5.74) is 0.00752. The second-order valence-electron chi connectivity index (χ2n) is 8.65. The molecule has 4 atom stereocenters. The Hall–Kier alpha value is -2.60. The lowest BCUT2D eigenvalue weighted by Crippen LogP contribution is -2.52. The molecule has 1 aromatic carbocycles. The number of aliphatic imine (C=N–C) groups is 1. The van der Waals surface area contributed by atoms with E-state index >= 15 is 0 Å². The number of benzene rings is 1. The van der Waals surface area contributed by atoms with Crippen molar-refractivity contribution in [2.24, 2.45) is 22.7 Å². The summed E-state index contributed by atoms with van der Waals surface area (Å²) >= 11 is 0. The Bertz CT molecular complexity index is 1280. The molecule has 2 heterocycles. The number of hydrogen-bond donors (Lipinski definition) is 3. The number of aliphatic hydroxyl groups excluding tert-OH is 1. The van der Waals surface area contributed by atoms with Crippen LogP contribution in [0.2, 0.25) is 0 Å². The molecule has 2 bridgehead atoms. The predicted molar refractivity (Wildman–Crippen MR) is 113 cm³/mol. The van der Waals surface area contributed by atoms with Crippen molar-refractivity contribution in [1.29, 1.82) is 0 Å². The van der Waals surface area contributed by atoms with Crippen LogP contribution in [0.5, 0.6) is 0 Å². The standard InChI is InChI=1S/C19H22N4O6S2/c1-23-16-10-4-3-9(7-10)14(16)17(24)15(19(23)25)18-20-12-6-5-11(21-30(2,26)27)8-13(12)31(28,29)22-18/h5-6,8-10,14,16,21,25H,3-4,7H2,1-2H3,(H,20,22). The van der Waals surface area contributed by atoms with E-state index in [1.807, 2.05) is 0 Å². The third-order valence-corrected chi connectivity index (χ3v) is 8.65. The molecule has 0 aromatic heterocycles. The van der Waals surface area contributed by atoms with Gasteiger partial charge in [0.05, 0.1) is 11.9 Å². The van der Waals surface area contributed by atoms with Crippen LogP contribution in [-0.2, 0) is 24.8 Å². The molecule has 10 nitrogen and oxygen atoms in total. The van der Waals surface area contributed by atoms with Crippen LogP contribution in [0.15, 0.2) is 39.5 Å². The highest BCUT2D eigenvalue weighted by Gasteiger charge is 2.57. The van der Waals surface area contributed by atoms with Crippen molar-refractivity contribution in [3.8, 4) is 0 Å². The summed E-state index contributed by atoms with van der Waals surface area (Å²) in [6.45, 7) is 0. The third-order valence-electron chi connectivity index (χ3n) is 6.68. The van der Waals surface area contributed by atoms with E-state index in [9.17, 15) is 26.7 Å². The fourth-order valence-electron chi connectivity index (χ4n) is 5.54. The number of ketones is 1. The number of carbonyl (C=O) groups is 1. The predicted octanol–water partition coefficient (Wildman–Crippen LogP) is 1.08. The number of sulfonamides is 2. The zero-order valence-corrected chi connectivity index (χ0v) is 18.5. The summed E-state index contributed by atoms with van der Waals surface area (Å²) in [6, 6.07) is 3.83. The molecule has 12 heteroatoms. The molecule has 2 aliphatic heterocycles. The van der Waals surface area contributed by atoms with Crippen LogP contribution in [0, 0.1) is 17.8 Å². The molecule has 0 spiro atoms. The molecule has 2 saturated carbocycles. The smallest absolute Gasteiger partial charge is 0.265 e. The van der Waals surface area contributed by atoms with Gasteiger partial charge in [-0.1, -0.05) is 0 Å². The fraction of sp³-hybridized carbons (Fsp3) is 0.474. The quantitative estimate of drug-likeness (QED) is 0.604. The Morgan fingerprint density at radius 2 is 1.97 bits per heavy atom. The minimum absolute atomic E-state index is 0.0543. The first kappa shape index (κ1) is 20.3. The van der Waals surface area contributed by atoms with Gasteiger partial charge in [-0.25, -0.2) is 21.8 Å². The van der Waals surface area contributed by atoms with Gasteiger partial charge in [-0.3, -0.25) is 14.2 Å².